The van der Waals surface area contributed by atoms with Crippen LogP contribution in [0.5, 0.6) is 5.75 Å². The minimum Gasteiger partial charge on any atom is -0.506 e. The van der Waals surface area contributed by atoms with Crippen LogP contribution in [0.1, 0.15) is 23.6 Å². The lowest BCUT2D eigenvalue weighted by atomic mass is 10.1. The lowest BCUT2D eigenvalue weighted by Gasteiger charge is -2.10. The minimum atomic E-state index is -0.602. The fraction of sp³-hybridized carbons (Fsp3) is 0.143. The number of aliphatic hydroxyl groups excluding tert-OH is 1. The molecule has 34 heavy (non-hydrogen) atoms. The van der Waals surface area contributed by atoms with Gasteiger partial charge in [-0.2, -0.15) is 0 Å². The molecule has 0 aliphatic carbocycles. The topological polar surface area (TPSA) is 68.1 Å². The minimum absolute atomic E-state index is 0.0695. The zero-order chi connectivity index (χ0) is 23.9. The summed E-state index contributed by atoms with van der Waals surface area (Å²) in [6, 6.07) is 25.1. The summed E-state index contributed by atoms with van der Waals surface area (Å²) >= 11 is 1.23. The van der Waals surface area contributed by atoms with Crippen LogP contribution < -0.4 is 4.74 Å². The molecule has 0 radical (unpaired) electrons. The van der Waals surface area contributed by atoms with Crippen LogP contribution in [-0.4, -0.2) is 22.7 Å². The van der Waals surface area contributed by atoms with Gasteiger partial charge in [-0.25, -0.2) is 9.79 Å². The second-order valence-electron chi connectivity index (χ2n) is 7.62. The van der Waals surface area contributed by atoms with Crippen molar-refractivity contribution in [2.75, 3.05) is 6.61 Å². The van der Waals surface area contributed by atoms with Crippen LogP contribution >= 0.6 is 11.8 Å². The lowest BCUT2D eigenvalue weighted by molar-refractivity contribution is -0.138. The van der Waals surface area contributed by atoms with Crippen molar-refractivity contribution in [1.29, 1.82) is 0 Å². The van der Waals surface area contributed by atoms with Crippen LogP contribution in [0.15, 0.2) is 100 Å². The molecule has 1 heterocycles. The van der Waals surface area contributed by atoms with Gasteiger partial charge in [0.15, 0.2) is 0 Å². The maximum Gasteiger partial charge on any atom is 0.344 e. The number of nitrogens with zero attached hydrogens (tertiary/aromatic N) is 1. The highest BCUT2D eigenvalue weighted by Gasteiger charge is 2.33. The number of aryl methyl sites for hydroxylation is 1. The van der Waals surface area contributed by atoms with E-state index in [1.165, 1.54) is 17.3 Å². The number of esters is 1. The quantitative estimate of drug-likeness (QED) is 0.385. The Kier molecular flexibility index (Phi) is 7.50. The van der Waals surface area contributed by atoms with E-state index in [2.05, 4.69) is 17.1 Å². The number of hydrogen-bond acceptors (Lipinski definition) is 6. The molecule has 0 atom stereocenters. The number of hydrogen-bond donors (Lipinski definition) is 1. The Morgan fingerprint density at radius 3 is 2.44 bits per heavy atom. The van der Waals surface area contributed by atoms with E-state index in [1.807, 2.05) is 73.7 Å². The average Bonchev–Trinajstić information content (AvgIpc) is 3.14. The van der Waals surface area contributed by atoms with E-state index in [1.54, 1.807) is 13.0 Å². The van der Waals surface area contributed by atoms with Gasteiger partial charge in [-0.05, 0) is 43.7 Å². The van der Waals surface area contributed by atoms with E-state index in [4.69, 9.17) is 9.47 Å². The molecule has 0 fully saturated rings. The first-order chi connectivity index (χ1) is 16.5. The van der Waals surface area contributed by atoms with Gasteiger partial charge >= 0.3 is 5.97 Å². The van der Waals surface area contributed by atoms with Crippen molar-refractivity contribution in [1.82, 2.24) is 0 Å². The molecule has 0 saturated carbocycles. The van der Waals surface area contributed by atoms with Crippen molar-refractivity contribution in [2.24, 2.45) is 4.99 Å². The number of ether oxygens (including phenoxy) is 2. The summed E-state index contributed by atoms with van der Waals surface area (Å²) < 4.78 is 11.3. The molecule has 0 saturated heterocycles. The van der Waals surface area contributed by atoms with E-state index in [9.17, 15) is 9.90 Å². The molecule has 0 aromatic heterocycles. The second-order valence-corrected chi connectivity index (χ2v) is 8.65. The van der Waals surface area contributed by atoms with Gasteiger partial charge in [-0.1, -0.05) is 78.0 Å². The van der Waals surface area contributed by atoms with Gasteiger partial charge < -0.3 is 14.6 Å². The van der Waals surface area contributed by atoms with Gasteiger partial charge in [-0.15, -0.1) is 0 Å². The van der Waals surface area contributed by atoms with Crippen LogP contribution in [0.2, 0.25) is 0 Å². The number of rotatable bonds is 7. The molecule has 1 aliphatic heterocycles. The molecule has 1 aliphatic rings. The Morgan fingerprint density at radius 1 is 1.00 bits per heavy atom. The zero-order valence-electron chi connectivity index (χ0n) is 19.0. The van der Waals surface area contributed by atoms with Crippen LogP contribution in [0.3, 0.4) is 0 Å². The summed E-state index contributed by atoms with van der Waals surface area (Å²) in [6.07, 6.45) is 1.80. The van der Waals surface area contributed by atoms with Crippen molar-refractivity contribution in [3.8, 4) is 5.75 Å². The number of aliphatic hydroxyl groups is 1. The van der Waals surface area contributed by atoms with Crippen molar-refractivity contribution >= 4 is 34.5 Å². The Hall–Kier alpha value is -3.77. The molecule has 172 valence electrons. The third-order valence-corrected chi connectivity index (χ3v) is 6.10. The van der Waals surface area contributed by atoms with Gasteiger partial charge in [-0.3, -0.25) is 0 Å². The van der Waals surface area contributed by atoms with E-state index >= 15 is 0 Å². The molecule has 0 spiro atoms. The monoisotopic (exact) mass is 471 g/mol. The predicted molar refractivity (Wildman–Crippen MR) is 137 cm³/mol. The maximum absolute atomic E-state index is 12.6. The Labute approximate surface area is 203 Å². The first kappa shape index (κ1) is 23.4. The highest BCUT2D eigenvalue weighted by molar-refractivity contribution is 8.18. The Bertz CT molecular complexity index is 1260. The summed E-state index contributed by atoms with van der Waals surface area (Å²) in [5, 5.41) is 11.3. The highest BCUT2D eigenvalue weighted by Crippen LogP contribution is 2.41. The molecular weight excluding hydrogens is 446 g/mol. The number of aliphatic imine (C=N–C) groups is 1. The van der Waals surface area contributed by atoms with Crippen molar-refractivity contribution in [2.45, 2.75) is 20.5 Å². The van der Waals surface area contributed by atoms with Crippen LogP contribution in [0, 0.1) is 6.92 Å². The molecule has 1 N–H and O–H groups in total. The van der Waals surface area contributed by atoms with Gasteiger partial charge in [0.05, 0.1) is 17.2 Å². The number of benzene rings is 3. The molecule has 3 aromatic rings. The lowest BCUT2D eigenvalue weighted by Crippen LogP contribution is -2.12. The first-order valence-electron chi connectivity index (χ1n) is 11.0. The number of carbonyl (C=O) groups is 1. The average molecular weight is 472 g/mol. The first-order valence-corrected chi connectivity index (χ1v) is 11.8. The van der Waals surface area contributed by atoms with Crippen LogP contribution in [0.4, 0.5) is 5.69 Å². The van der Waals surface area contributed by atoms with Gasteiger partial charge in [0.2, 0.25) is 0 Å². The SMILES string of the molecule is CCOC(=O)C1=C(O)/C(=C/c2ccccc2OCc2ccc(C)cc2)SC1=Nc1ccccc1. The normalized spacial score (nSPS) is 15.7. The van der Waals surface area contributed by atoms with Gasteiger partial charge in [0.1, 0.15) is 28.7 Å². The highest BCUT2D eigenvalue weighted by atomic mass is 32.2. The number of carbonyl (C=O) groups excluding carboxylic acids is 1. The molecule has 0 bridgehead atoms. The maximum atomic E-state index is 12.6. The smallest absolute Gasteiger partial charge is 0.344 e. The van der Waals surface area contributed by atoms with E-state index in [-0.39, 0.29) is 17.9 Å². The fourth-order valence-corrected chi connectivity index (χ4v) is 4.36. The Balaban J connectivity index is 1.65. The molecule has 3 aromatic carbocycles. The Morgan fingerprint density at radius 2 is 1.71 bits per heavy atom. The summed E-state index contributed by atoms with van der Waals surface area (Å²) in [5.41, 5.74) is 3.79. The predicted octanol–water partition coefficient (Wildman–Crippen LogP) is 6.77. The molecule has 5 nitrogen and oxygen atoms in total. The summed E-state index contributed by atoms with van der Waals surface area (Å²) in [7, 11) is 0. The van der Waals surface area contributed by atoms with Gasteiger partial charge in [0.25, 0.3) is 0 Å². The largest absolute Gasteiger partial charge is 0.506 e. The standard InChI is InChI=1S/C28H25NO4S/c1-3-32-28(31)25-26(30)24(34-27(25)29-22-10-5-4-6-11-22)17-21-9-7-8-12-23(21)33-18-20-15-13-19(2)14-16-20/h4-17,30H,3,18H2,1-2H3/b24-17-,29-27?. The summed E-state index contributed by atoms with van der Waals surface area (Å²) in [6.45, 7) is 4.40. The van der Waals surface area contributed by atoms with Crippen molar-refractivity contribution < 1.29 is 19.4 Å². The number of para-hydroxylation sites is 2. The molecule has 4 rings (SSSR count). The van der Waals surface area contributed by atoms with E-state index < -0.39 is 5.97 Å². The second kappa shape index (κ2) is 10.9. The summed E-state index contributed by atoms with van der Waals surface area (Å²) in [4.78, 5) is 17.7. The van der Waals surface area contributed by atoms with E-state index in [0.29, 0.717) is 28.0 Å². The molecule has 0 amide bonds. The third-order valence-electron chi connectivity index (χ3n) is 5.08. The molecular formula is C28H25NO4S. The fourth-order valence-electron chi connectivity index (χ4n) is 3.33. The van der Waals surface area contributed by atoms with Crippen LogP contribution in [0.25, 0.3) is 6.08 Å². The van der Waals surface area contributed by atoms with Crippen molar-refractivity contribution in [3.63, 3.8) is 0 Å². The van der Waals surface area contributed by atoms with Gasteiger partial charge in [0, 0.05) is 5.56 Å². The van der Waals surface area contributed by atoms with Crippen LogP contribution in [-0.2, 0) is 16.1 Å². The molecule has 6 heteroatoms. The zero-order valence-corrected chi connectivity index (χ0v) is 19.8. The summed E-state index contributed by atoms with van der Waals surface area (Å²) in [5.74, 6) is -0.0731. The molecule has 0 unspecified atom stereocenters. The van der Waals surface area contributed by atoms with E-state index in [0.717, 1.165) is 11.1 Å². The number of thioether (sulfide) groups is 1. The van der Waals surface area contributed by atoms with Crippen molar-refractivity contribution in [3.05, 3.63) is 112 Å². The third kappa shape index (κ3) is 5.58.